The summed E-state index contributed by atoms with van der Waals surface area (Å²) in [5.41, 5.74) is 3.75. The molecule has 1 heterocycles. The quantitative estimate of drug-likeness (QED) is 0.0880. The highest BCUT2D eigenvalue weighted by Gasteiger charge is 2.35. The van der Waals surface area contributed by atoms with Crippen LogP contribution in [0, 0.1) is 6.92 Å². The van der Waals surface area contributed by atoms with Crippen molar-refractivity contribution < 1.29 is 35.3 Å². The zero-order chi connectivity index (χ0) is 31.0. The van der Waals surface area contributed by atoms with E-state index in [4.69, 9.17) is 11.6 Å². The van der Waals surface area contributed by atoms with Crippen LogP contribution in [0.3, 0.4) is 0 Å². The Kier molecular flexibility index (Phi) is 8.32. The van der Waals surface area contributed by atoms with Gasteiger partial charge in [-0.1, -0.05) is 30.3 Å². The Labute approximate surface area is 238 Å². The van der Waals surface area contributed by atoms with Crippen LogP contribution < -0.4 is 16.6 Å². The monoisotopic (exact) mass is 607 g/mol. The van der Waals surface area contributed by atoms with Crippen LogP contribution in [-0.2, 0) is 23.2 Å². The van der Waals surface area contributed by atoms with E-state index in [9.17, 15) is 35.3 Å². The summed E-state index contributed by atoms with van der Waals surface area (Å²) in [6.45, 7) is 1.33. The molecule has 220 valence electrons. The molecule has 0 saturated heterocycles. The molecule has 4 rings (SSSR count). The molecule has 1 atom stereocenters. The maximum absolute atomic E-state index is 13.5. The maximum atomic E-state index is 13.5. The fourth-order valence-corrected chi connectivity index (χ4v) is 4.75. The van der Waals surface area contributed by atoms with Crippen LogP contribution in [0.15, 0.2) is 89.7 Å². The standard InChI is InChI=1S/C28H23F6N5O2S/c1-16-37-25(28(32,33)34)15-38(16)22-10-9-18(17-5-4-8-21(12-17)42(2)41)13-23(22)39(36)24(14-35)26(40)19-6-3-7-20(11-19)27(29,30)31/h3-15H,35-36H2,1-2H3/b24-14-. The van der Waals surface area contributed by atoms with Crippen molar-refractivity contribution in [3.63, 3.8) is 0 Å². The third kappa shape index (κ3) is 6.24. The lowest BCUT2D eigenvalue weighted by Crippen LogP contribution is -2.35. The number of rotatable bonds is 7. The van der Waals surface area contributed by atoms with Gasteiger partial charge in [-0.25, -0.2) is 10.8 Å². The van der Waals surface area contributed by atoms with Crippen LogP contribution in [-0.4, -0.2) is 25.8 Å². The number of ketones is 1. The Balaban J connectivity index is 1.89. The predicted octanol–water partition coefficient (Wildman–Crippen LogP) is 5.99. The number of nitrogens with zero attached hydrogens (tertiary/aromatic N) is 3. The van der Waals surface area contributed by atoms with Gasteiger partial charge in [0.25, 0.3) is 0 Å². The number of benzene rings is 3. The molecule has 0 radical (unpaired) electrons. The Morgan fingerprint density at radius 2 is 1.62 bits per heavy atom. The number of carbonyl (C=O) groups is 1. The van der Waals surface area contributed by atoms with Crippen molar-refractivity contribution in [1.82, 2.24) is 9.55 Å². The fraction of sp³-hybridized carbons (Fsp3) is 0.143. The molecule has 0 fully saturated rings. The fourth-order valence-electron chi connectivity index (χ4n) is 4.19. The molecule has 42 heavy (non-hydrogen) atoms. The molecule has 0 aliphatic carbocycles. The Morgan fingerprint density at radius 3 is 2.21 bits per heavy atom. The number of hydrogen-bond acceptors (Lipinski definition) is 6. The van der Waals surface area contributed by atoms with Gasteiger partial charge < -0.3 is 10.3 Å². The maximum Gasteiger partial charge on any atom is 0.434 e. The lowest BCUT2D eigenvalue weighted by atomic mass is 10.0. The van der Waals surface area contributed by atoms with Crippen molar-refractivity contribution >= 4 is 22.3 Å². The van der Waals surface area contributed by atoms with E-state index in [0.717, 1.165) is 40.2 Å². The molecule has 1 unspecified atom stereocenters. The normalized spacial score (nSPS) is 13.2. The summed E-state index contributed by atoms with van der Waals surface area (Å²) >= 11 is 0. The van der Waals surface area contributed by atoms with E-state index in [-0.39, 0.29) is 22.8 Å². The van der Waals surface area contributed by atoms with Crippen molar-refractivity contribution in [2.45, 2.75) is 24.2 Å². The number of halogens is 6. The molecule has 0 spiro atoms. The zero-order valence-corrected chi connectivity index (χ0v) is 22.8. The van der Waals surface area contributed by atoms with Gasteiger partial charge in [-0.15, -0.1) is 0 Å². The summed E-state index contributed by atoms with van der Waals surface area (Å²) in [4.78, 5) is 17.4. The number of nitrogens with two attached hydrogens (primary N) is 2. The molecule has 0 amide bonds. The van der Waals surface area contributed by atoms with Crippen molar-refractivity contribution in [1.29, 1.82) is 0 Å². The molecule has 0 aliphatic heterocycles. The molecule has 0 aliphatic rings. The van der Waals surface area contributed by atoms with E-state index in [1.807, 2.05) is 0 Å². The van der Waals surface area contributed by atoms with Crippen LogP contribution in [0.1, 0.15) is 27.4 Å². The first-order valence-electron chi connectivity index (χ1n) is 12.0. The second-order valence-corrected chi connectivity index (χ2v) is 10.4. The molecular formula is C28H23F6N5O2S. The van der Waals surface area contributed by atoms with E-state index in [1.54, 1.807) is 30.3 Å². The highest BCUT2D eigenvalue weighted by Crippen LogP contribution is 2.36. The second kappa shape index (κ2) is 11.4. The largest absolute Gasteiger partial charge is 0.434 e. The van der Waals surface area contributed by atoms with Gasteiger partial charge >= 0.3 is 12.4 Å². The number of allylic oxidation sites excluding steroid dienone is 1. The minimum Gasteiger partial charge on any atom is -0.403 e. The van der Waals surface area contributed by atoms with Crippen LogP contribution in [0.4, 0.5) is 32.0 Å². The lowest BCUT2D eigenvalue weighted by Gasteiger charge is -2.25. The number of imidazole rings is 1. The lowest BCUT2D eigenvalue weighted by molar-refractivity contribution is -0.141. The van der Waals surface area contributed by atoms with Gasteiger partial charge in [0.15, 0.2) is 5.69 Å². The van der Waals surface area contributed by atoms with Gasteiger partial charge in [0.2, 0.25) is 5.78 Å². The first kappa shape index (κ1) is 30.5. The topological polar surface area (TPSA) is 107 Å². The second-order valence-electron chi connectivity index (χ2n) is 9.06. The van der Waals surface area contributed by atoms with E-state index in [2.05, 4.69) is 4.98 Å². The summed E-state index contributed by atoms with van der Waals surface area (Å²) in [7, 11) is -1.32. The number of carbonyl (C=O) groups excluding carboxylic acids is 1. The summed E-state index contributed by atoms with van der Waals surface area (Å²) < 4.78 is 93.4. The number of hydrazine groups is 1. The van der Waals surface area contributed by atoms with Gasteiger partial charge in [-0.05, 0) is 54.4 Å². The van der Waals surface area contributed by atoms with Crippen LogP contribution in [0.2, 0.25) is 0 Å². The number of alkyl halides is 6. The summed E-state index contributed by atoms with van der Waals surface area (Å²) in [6.07, 6.45) is -6.44. The average Bonchev–Trinajstić information content (AvgIpc) is 3.34. The first-order chi connectivity index (χ1) is 19.6. The van der Waals surface area contributed by atoms with Gasteiger partial charge in [-0.3, -0.25) is 14.0 Å². The Morgan fingerprint density at radius 1 is 0.952 bits per heavy atom. The third-order valence-electron chi connectivity index (χ3n) is 6.27. The molecule has 0 saturated carbocycles. The SMILES string of the molecule is Cc1nc(C(F)(F)F)cn1-c1ccc(-c2cccc(S(C)=O)c2)cc1N(N)/C(=C\N)C(=O)c1cccc(C(F)(F)F)c1. The van der Waals surface area contributed by atoms with Crippen molar-refractivity contribution in [3.8, 4) is 16.8 Å². The Hall–Kier alpha value is -4.43. The van der Waals surface area contributed by atoms with Gasteiger partial charge in [-0.2, -0.15) is 26.3 Å². The number of aromatic nitrogens is 2. The molecular weight excluding hydrogens is 584 g/mol. The molecule has 4 N–H and O–H groups in total. The van der Waals surface area contributed by atoms with Crippen LogP contribution >= 0.6 is 0 Å². The predicted molar refractivity (Wildman–Crippen MR) is 146 cm³/mol. The van der Waals surface area contributed by atoms with Crippen molar-refractivity contribution in [2.24, 2.45) is 11.6 Å². The van der Waals surface area contributed by atoms with Gasteiger partial charge in [0.1, 0.15) is 11.5 Å². The zero-order valence-electron chi connectivity index (χ0n) is 22.0. The van der Waals surface area contributed by atoms with E-state index in [1.165, 1.54) is 25.3 Å². The van der Waals surface area contributed by atoms with E-state index >= 15 is 0 Å². The minimum absolute atomic E-state index is 0.0261. The average molecular weight is 608 g/mol. The molecule has 7 nitrogen and oxygen atoms in total. The number of aryl methyl sites for hydroxylation is 1. The van der Waals surface area contributed by atoms with E-state index < -0.39 is 45.9 Å². The Bertz CT molecular complexity index is 1710. The van der Waals surface area contributed by atoms with Crippen molar-refractivity contribution in [3.05, 3.63) is 107 Å². The molecule has 4 aromatic rings. The summed E-state index contributed by atoms with van der Waals surface area (Å²) in [5, 5.41) is 0.788. The molecule has 0 bridgehead atoms. The number of hydrogen-bond donors (Lipinski definition) is 2. The van der Waals surface area contributed by atoms with Crippen molar-refractivity contribution in [2.75, 3.05) is 11.3 Å². The van der Waals surface area contributed by atoms with Crippen LogP contribution in [0.5, 0.6) is 0 Å². The highest BCUT2D eigenvalue weighted by molar-refractivity contribution is 7.84. The minimum atomic E-state index is -4.75. The molecule has 1 aromatic heterocycles. The number of Topliss-reactive ketones (excluding diaryl/α,β-unsaturated/α-hetero) is 1. The van der Waals surface area contributed by atoms with Crippen LogP contribution in [0.25, 0.3) is 16.8 Å². The smallest absolute Gasteiger partial charge is 0.403 e. The summed E-state index contributed by atoms with van der Waals surface area (Å²) in [5.74, 6) is 5.33. The van der Waals surface area contributed by atoms with E-state index in [0.29, 0.717) is 22.1 Å². The first-order valence-corrected chi connectivity index (χ1v) is 13.6. The highest BCUT2D eigenvalue weighted by atomic mass is 32.2. The molecule has 3 aromatic carbocycles. The summed E-state index contributed by atoms with van der Waals surface area (Å²) in [6, 6.07) is 14.8. The van der Waals surface area contributed by atoms with Gasteiger partial charge in [0.05, 0.1) is 16.9 Å². The van der Waals surface area contributed by atoms with Gasteiger partial charge in [0, 0.05) is 39.9 Å². The molecule has 14 heteroatoms. The number of anilines is 1. The third-order valence-corrected chi connectivity index (χ3v) is 7.19.